The molecule has 1 aliphatic heterocycles. The van der Waals surface area contributed by atoms with Crippen molar-refractivity contribution >= 4 is 17.5 Å². The van der Waals surface area contributed by atoms with E-state index in [4.69, 9.17) is 9.57 Å². The number of amides is 2. The van der Waals surface area contributed by atoms with E-state index in [9.17, 15) is 14.7 Å². The van der Waals surface area contributed by atoms with Crippen molar-refractivity contribution in [2.24, 2.45) is 29.1 Å². The lowest BCUT2D eigenvalue weighted by molar-refractivity contribution is -0.176. The van der Waals surface area contributed by atoms with Crippen molar-refractivity contribution in [3.8, 4) is 16.9 Å². The van der Waals surface area contributed by atoms with Crippen molar-refractivity contribution in [1.29, 1.82) is 0 Å². The Morgan fingerprint density at radius 1 is 1.08 bits per heavy atom. The Hall–Kier alpha value is -3.96. The van der Waals surface area contributed by atoms with Crippen molar-refractivity contribution in [3.05, 3.63) is 83.4 Å². The van der Waals surface area contributed by atoms with Gasteiger partial charge in [-0.05, 0) is 72.3 Å². The molecule has 7 rings (SSSR count). The summed E-state index contributed by atoms with van der Waals surface area (Å²) < 4.78 is 6.09. The number of nitrogens with zero attached hydrogens (tertiary/aromatic N) is 2. The number of aliphatic hydroxyl groups excluding tert-OH is 1. The second-order valence-corrected chi connectivity index (χ2v) is 15.9. The van der Waals surface area contributed by atoms with E-state index < -0.39 is 24.2 Å². The molecule has 52 heavy (non-hydrogen) atoms. The second-order valence-electron chi connectivity index (χ2n) is 15.9. The predicted molar refractivity (Wildman–Crippen MR) is 205 cm³/mol. The molecule has 1 saturated heterocycles. The van der Waals surface area contributed by atoms with Gasteiger partial charge in [-0.1, -0.05) is 69.3 Å². The van der Waals surface area contributed by atoms with Crippen molar-refractivity contribution in [1.82, 2.24) is 21.0 Å². The van der Waals surface area contributed by atoms with Crippen LogP contribution in [0.25, 0.3) is 11.1 Å². The zero-order chi connectivity index (χ0) is 37.3. The fourth-order valence-corrected chi connectivity index (χ4v) is 9.10. The molecule has 280 valence electrons. The summed E-state index contributed by atoms with van der Waals surface area (Å²) in [7, 11) is 7.15. The number of carbonyl (C=O) groups is 2. The molecule has 4 aliphatic rings. The third kappa shape index (κ3) is 7.44. The number of fused-ring (bicyclic) bond motifs is 2. The Kier molecular flexibility index (Phi) is 11.3. The van der Waals surface area contributed by atoms with Gasteiger partial charge in [0.05, 0.1) is 25.9 Å². The summed E-state index contributed by atoms with van der Waals surface area (Å²) in [5.41, 5.74) is 5.34. The minimum atomic E-state index is -0.800. The van der Waals surface area contributed by atoms with E-state index in [1.165, 1.54) is 6.42 Å². The molecule has 2 amide bonds. The van der Waals surface area contributed by atoms with E-state index in [2.05, 4.69) is 48.9 Å². The molecule has 8 atom stereocenters. The lowest BCUT2D eigenvalue weighted by Crippen LogP contribution is -2.62. The Bertz CT molecular complexity index is 1730. The predicted octanol–water partition coefficient (Wildman–Crippen LogP) is 5.25. The smallest absolute Gasteiger partial charge is 0.251 e. The maximum absolute atomic E-state index is 14.5. The van der Waals surface area contributed by atoms with Gasteiger partial charge >= 0.3 is 0 Å². The molecule has 10 heteroatoms. The highest BCUT2D eigenvalue weighted by Crippen LogP contribution is 2.61. The minimum Gasteiger partial charge on any atom is -0.496 e. The number of hydrogen-bond acceptors (Lipinski definition) is 8. The molecule has 3 saturated carbocycles. The van der Waals surface area contributed by atoms with Crippen LogP contribution in [-0.2, 0) is 22.7 Å². The Morgan fingerprint density at radius 3 is 2.46 bits per heavy atom. The first kappa shape index (κ1) is 37.8. The van der Waals surface area contributed by atoms with Crippen LogP contribution in [0.5, 0.6) is 5.75 Å². The third-order valence-corrected chi connectivity index (χ3v) is 12.3. The van der Waals surface area contributed by atoms with Gasteiger partial charge < -0.3 is 30.7 Å². The number of carbonyl (C=O) groups excluding carboxylic acids is 2. The monoisotopic (exact) mass is 711 g/mol. The van der Waals surface area contributed by atoms with Gasteiger partial charge in [-0.25, -0.2) is 0 Å². The number of para-hydroxylation sites is 1. The van der Waals surface area contributed by atoms with Crippen LogP contribution in [0.15, 0.2) is 66.7 Å². The van der Waals surface area contributed by atoms with Crippen molar-refractivity contribution < 1.29 is 24.3 Å². The van der Waals surface area contributed by atoms with Crippen molar-refractivity contribution in [2.45, 2.75) is 77.9 Å². The average Bonchev–Trinajstić information content (AvgIpc) is 3.49. The van der Waals surface area contributed by atoms with Crippen LogP contribution in [0.4, 0.5) is 5.69 Å². The standard InChI is InChI=1S/C42H57N5O5/c1-25-34-20-31(42(34,3)4)21-35(25)45-41(50)38-37(26(2)48)36(23-44-22-27-13-10-9-11-14-27)52-47(38)24-28-15-12-16-33(39(28)51-8)29-17-30(40(49)43-5)19-32(18-29)46(6)7/h9-19,25-26,31,34-38,44,48H,20-24H2,1-8H3,(H,43,49)(H,45,50)/t25-,26-,31+,34-,35-,36-,37+,38-/m0/s1. The number of methoxy groups -OCH3 is 1. The fraction of sp³-hybridized carbons (Fsp3) is 0.524. The van der Waals surface area contributed by atoms with Gasteiger partial charge in [-0.2, -0.15) is 5.06 Å². The molecule has 4 N–H and O–H groups in total. The Morgan fingerprint density at radius 2 is 1.83 bits per heavy atom. The number of anilines is 1. The number of rotatable bonds is 13. The summed E-state index contributed by atoms with van der Waals surface area (Å²) in [5, 5.41) is 22.8. The summed E-state index contributed by atoms with van der Waals surface area (Å²) in [6.07, 6.45) is 0.941. The summed E-state index contributed by atoms with van der Waals surface area (Å²) in [6, 6.07) is 21.2. The SMILES string of the molecule is CNC(=O)c1cc(-c2cccc(CN3O[C@@H](CNCc4ccccc4)[C@@H]([C@H](C)O)[C@H]3C(=O)N[C@H]3C[C@H]4C[C@@H]([C@@H]3C)C4(C)C)c2OC)cc(N(C)C)c1. The van der Waals surface area contributed by atoms with Crippen molar-refractivity contribution in [2.75, 3.05) is 39.7 Å². The first-order valence-electron chi connectivity index (χ1n) is 18.7. The summed E-state index contributed by atoms with van der Waals surface area (Å²) >= 11 is 0. The highest BCUT2D eigenvalue weighted by Gasteiger charge is 2.57. The highest BCUT2D eigenvalue weighted by molar-refractivity contribution is 5.97. The van der Waals surface area contributed by atoms with E-state index in [0.29, 0.717) is 47.6 Å². The second kappa shape index (κ2) is 15.6. The van der Waals surface area contributed by atoms with Gasteiger partial charge in [0, 0.05) is 68.6 Å². The fourth-order valence-electron chi connectivity index (χ4n) is 9.10. The molecular formula is C42H57N5O5. The molecule has 0 aromatic heterocycles. The van der Waals surface area contributed by atoms with Crippen LogP contribution < -0.4 is 25.6 Å². The molecule has 4 fully saturated rings. The maximum atomic E-state index is 14.5. The van der Waals surface area contributed by atoms with Gasteiger partial charge in [0.15, 0.2) is 0 Å². The normalized spacial score (nSPS) is 27.0. The van der Waals surface area contributed by atoms with Crippen LogP contribution in [0.1, 0.15) is 62.0 Å². The number of nitrogens with one attached hydrogen (secondary N) is 3. The Labute approximate surface area is 309 Å². The zero-order valence-corrected chi connectivity index (χ0v) is 32.0. The molecule has 10 nitrogen and oxygen atoms in total. The van der Waals surface area contributed by atoms with E-state index in [1.54, 1.807) is 26.1 Å². The number of hydrogen-bond donors (Lipinski definition) is 4. The average molecular weight is 712 g/mol. The van der Waals surface area contributed by atoms with Crippen LogP contribution in [-0.4, -0.2) is 81.1 Å². The van der Waals surface area contributed by atoms with E-state index >= 15 is 0 Å². The van der Waals surface area contributed by atoms with Gasteiger partial charge in [-0.15, -0.1) is 0 Å². The molecular weight excluding hydrogens is 654 g/mol. The van der Waals surface area contributed by atoms with Crippen LogP contribution in [0, 0.1) is 29.1 Å². The van der Waals surface area contributed by atoms with E-state index in [1.807, 2.05) is 73.6 Å². The number of aliphatic hydroxyl groups is 1. The van der Waals surface area contributed by atoms with Crippen molar-refractivity contribution in [3.63, 3.8) is 0 Å². The first-order chi connectivity index (χ1) is 24.8. The zero-order valence-electron chi connectivity index (χ0n) is 32.0. The molecule has 2 bridgehead atoms. The largest absolute Gasteiger partial charge is 0.496 e. The molecule has 1 heterocycles. The lowest BCUT2D eigenvalue weighted by Gasteiger charge is -2.62. The summed E-state index contributed by atoms with van der Waals surface area (Å²) in [5.74, 6) is 1.40. The maximum Gasteiger partial charge on any atom is 0.251 e. The molecule has 0 unspecified atom stereocenters. The topological polar surface area (TPSA) is 115 Å². The summed E-state index contributed by atoms with van der Waals surface area (Å²) in [4.78, 5) is 35.9. The highest BCUT2D eigenvalue weighted by atomic mass is 16.7. The molecule has 3 aromatic carbocycles. The van der Waals surface area contributed by atoms with Crippen LogP contribution in [0.3, 0.4) is 0 Å². The van der Waals surface area contributed by atoms with Crippen LogP contribution in [0.2, 0.25) is 0 Å². The number of ether oxygens (including phenoxy) is 1. The number of hydroxylamine groups is 2. The quantitative estimate of drug-likeness (QED) is 0.190. The first-order valence-corrected chi connectivity index (χ1v) is 18.7. The lowest BCUT2D eigenvalue weighted by atomic mass is 9.45. The van der Waals surface area contributed by atoms with E-state index in [-0.39, 0.29) is 24.4 Å². The van der Waals surface area contributed by atoms with Crippen LogP contribution >= 0.6 is 0 Å². The van der Waals surface area contributed by atoms with Gasteiger partial charge in [-0.3, -0.25) is 14.4 Å². The molecule has 0 radical (unpaired) electrons. The van der Waals surface area contributed by atoms with Gasteiger partial charge in [0.25, 0.3) is 5.91 Å². The van der Waals surface area contributed by atoms with Gasteiger partial charge in [0.2, 0.25) is 5.91 Å². The van der Waals surface area contributed by atoms with E-state index in [0.717, 1.165) is 34.4 Å². The Balaban J connectivity index is 1.31. The molecule has 3 aromatic rings. The summed E-state index contributed by atoms with van der Waals surface area (Å²) in [6.45, 7) is 10.1. The minimum absolute atomic E-state index is 0.0763. The molecule has 3 aliphatic carbocycles. The van der Waals surface area contributed by atoms with Gasteiger partial charge in [0.1, 0.15) is 11.8 Å². The third-order valence-electron chi connectivity index (χ3n) is 12.3. The number of benzene rings is 3. The molecule has 0 spiro atoms.